The lowest BCUT2D eigenvalue weighted by Crippen LogP contribution is -2.51. The summed E-state index contributed by atoms with van der Waals surface area (Å²) in [5, 5.41) is 9.45. The summed E-state index contributed by atoms with van der Waals surface area (Å²) in [6, 6.07) is 2.10. The van der Waals surface area contributed by atoms with Crippen LogP contribution in [0.5, 0.6) is 0 Å². The number of piperidine rings is 1. The highest BCUT2D eigenvalue weighted by Crippen LogP contribution is 2.30. The molecule has 1 atom stereocenters. The van der Waals surface area contributed by atoms with Gasteiger partial charge in [-0.1, -0.05) is 11.6 Å². The SMILES string of the molecule is C[C@H](C1CCN(c2ncc(C(=O)O)cc2Cl)CC1)N1CCN(C)CC1. The van der Waals surface area contributed by atoms with E-state index in [4.69, 9.17) is 16.7 Å². The molecule has 3 heterocycles. The number of anilines is 1. The minimum atomic E-state index is -0.999. The molecule has 1 aromatic heterocycles. The normalized spacial score (nSPS) is 22.1. The zero-order valence-corrected chi connectivity index (χ0v) is 15.7. The molecule has 2 aliphatic heterocycles. The zero-order valence-electron chi connectivity index (χ0n) is 15.0. The van der Waals surface area contributed by atoms with Crippen LogP contribution in [0.25, 0.3) is 0 Å². The van der Waals surface area contributed by atoms with Gasteiger partial charge in [0, 0.05) is 51.5 Å². The van der Waals surface area contributed by atoms with E-state index in [2.05, 4.69) is 33.7 Å². The number of aromatic nitrogens is 1. The highest BCUT2D eigenvalue weighted by Gasteiger charge is 2.30. The van der Waals surface area contributed by atoms with Crippen molar-refractivity contribution in [3.05, 3.63) is 22.8 Å². The Kier molecular flexibility index (Phi) is 5.81. The molecule has 2 fully saturated rings. The Morgan fingerprint density at radius 3 is 2.44 bits per heavy atom. The van der Waals surface area contributed by atoms with Gasteiger partial charge in [-0.3, -0.25) is 4.90 Å². The van der Waals surface area contributed by atoms with Crippen molar-refractivity contribution in [2.45, 2.75) is 25.8 Å². The van der Waals surface area contributed by atoms with E-state index in [9.17, 15) is 4.79 Å². The predicted octanol–water partition coefficient (Wildman–Crippen LogP) is 2.29. The largest absolute Gasteiger partial charge is 0.478 e. The first-order valence-corrected chi connectivity index (χ1v) is 9.40. The fourth-order valence-corrected chi connectivity index (χ4v) is 4.19. The summed E-state index contributed by atoms with van der Waals surface area (Å²) in [6.45, 7) is 8.81. The van der Waals surface area contributed by atoms with Crippen LogP contribution in [0.1, 0.15) is 30.1 Å². The molecule has 1 N–H and O–H groups in total. The smallest absolute Gasteiger partial charge is 0.337 e. The standard InChI is InChI=1S/C18H27ClN4O2/c1-13(22-9-7-21(2)8-10-22)14-3-5-23(6-4-14)17-16(19)11-15(12-20-17)18(24)25/h11-14H,3-10H2,1-2H3,(H,24,25)/t13-/m1/s1. The monoisotopic (exact) mass is 366 g/mol. The van der Waals surface area contributed by atoms with E-state index in [1.54, 1.807) is 0 Å². The maximum Gasteiger partial charge on any atom is 0.337 e. The van der Waals surface area contributed by atoms with E-state index in [1.165, 1.54) is 12.3 Å². The van der Waals surface area contributed by atoms with Crippen LogP contribution >= 0.6 is 11.6 Å². The summed E-state index contributed by atoms with van der Waals surface area (Å²) in [4.78, 5) is 22.5. The molecular weight excluding hydrogens is 340 g/mol. The second-order valence-corrected chi connectivity index (χ2v) is 7.65. The van der Waals surface area contributed by atoms with Gasteiger partial charge in [-0.25, -0.2) is 9.78 Å². The Morgan fingerprint density at radius 2 is 1.88 bits per heavy atom. The van der Waals surface area contributed by atoms with Crippen LogP contribution in [0.3, 0.4) is 0 Å². The average molecular weight is 367 g/mol. The van der Waals surface area contributed by atoms with Gasteiger partial charge in [0.25, 0.3) is 0 Å². The Morgan fingerprint density at radius 1 is 1.24 bits per heavy atom. The molecule has 0 amide bonds. The quantitative estimate of drug-likeness (QED) is 0.882. The number of likely N-dealkylation sites (N-methyl/N-ethyl adjacent to an activating group) is 1. The van der Waals surface area contributed by atoms with Crippen molar-refractivity contribution < 1.29 is 9.90 Å². The minimum absolute atomic E-state index is 0.132. The predicted molar refractivity (Wildman–Crippen MR) is 99.7 cm³/mol. The van der Waals surface area contributed by atoms with Gasteiger partial charge in [-0.2, -0.15) is 0 Å². The number of aromatic carboxylic acids is 1. The lowest BCUT2D eigenvalue weighted by Gasteiger charge is -2.43. The summed E-state index contributed by atoms with van der Waals surface area (Å²) < 4.78 is 0. The zero-order chi connectivity index (χ0) is 18.0. The summed E-state index contributed by atoms with van der Waals surface area (Å²) in [7, 11) is 2.19. The molecule has 25 heavy (non-hydrogen) atoms. The molecule has 0 radical (unpaired) electrons. The molecule has 0 bridgehead atoms. The number of hydrogen-bond acceptors (Lipinski definition) is 5. The number of halogens is 1. The topological polar surface area (TPSA) is 59.9 Å². The van der Waals surface area contributed by atoms with Crippen LogP contribution in [0.2, 0.25) is 5.02 Å². The van der Waals surface area contributed by atoms with Gasteiger partial charge in [0.15, 0.2) is 0 Å². The van der Waals surface area contributed by atoms with E-state index < -0.39 is 5.97 Å². The number of rotatable bonds is 4. The molecule has 0 saturated carbocycles. The van der Waals surface area contributed by atoms with Crippen LogP contribution in [0, 0.1) is 5.92 Å². The molecule has 2 aliphatic rings. The highest BCUT2D eigenvalue weighted by atomic mass is 35.5. The van der Waals surface area contributed by atoms with E-state index in [-0.39, 0.29) is 5.56 Å². The Hall–Kier alpha value is -1.37. The molecule has 6 nitrogen and oxygen atoms in total. The van der Waals surface area contributed by atoms with Gasteiger partial charge < -0.3 is 14.9 Å². The van der Waals surface area contributed by atoms with Gasteiger partial charge in [0.1, 0.15) is 5.82 Å². The third-order valence-corrected chi connectivity index (χ3v) is 5.98. The second-order valence-electron chi connectivity index (χ2n) is 7.24. The third kappa shape index (κ3) is 4.25. The van der Waals surface area contributed by atoms with Crippen LogP contribution in [0.4, 0.5) is 5.82 Å². The molecular formula is C18H27ClN4O2. The first kappa shape index (κ1) is 18.4. The minimum Gasteiger partial charge on any atom is -0.478 e. The molecule has 1 aromatic rings. The van der Waals surface area contributed by atoms with E-state index in [0.717, 1.165) is 52.1 Å². The van der Waals surface area contributed by atoms with Crippen molar-refractivity contribution in [1.82, 2.24) is 14.8 Å². The molecule has 0 unspecified atom stereocenters. The first-order valence-electron chi connectivity index (χ1n) is 9.02. The van der Waals surface area contributed by atoms with Crippen molar-refractivity contribution in [2.75, 3.05) is 51.2 Å². The molecule has 3 rings (SSSR count). The number of hydrogen-bond donors (Lipinski definition) is 1. The van der Waals surface area contributed by atoms with E-state index >= 15 is 0 Å². The van der Waals surface area contributed by atoms with E-state index in [0.29, 0.717) is 22.8 Å². The fourth-order valence-electron chi connectivity index (χ4n) is 3.90. The number of carbonyl (C=O) groups is 1. The Bertz CT molecular complexity index is 611. The van der Waals surface area contributed by atoms with Crippen molar-refractivity contribution >= 4 is 23.4 Å². The second kappa shape index (κ2) is 7.89. The lowest BCUT2D eigenvalue weighted by molar-refractivity contribution is 0.0696. The number of nitrogens with zero attached hydrogens (tertiary/aromatic N) is 4. The summed E-state index contributed by atoms with van der Waals surface area (Å²) in [5.74, 6) is 0.398. The van der Waals surface area contributed by atoms with Gasteiger partial charge in [-0.15, -0.1) is 0 Å². The van der Waals surface area contributed by atoms with Crippen molar-refractivity contribution in [3.63, 3.8) is 0 Å². The summed E-state index contributed by atoms with van der Waals surface area (Å²) >= 11 is 6.26. The van der Waals surface area contributed by atoms with Gasteiger partial charge in [0.05, 0.1) is 10.6 Å². The maximum absolute atomic E-state index is 11.0. The van der Waals surface area contributed by atoms with Crippen LogP contribution in [-0.4, -0.2) is 78.2 Å². The summed E-state index contributed by atoms with van der Waals surface area (Å²) in [6.07, 6.45) is 3.63. The molecule has 0 aromatic carbocycles. The Labute approximate surface area is 154 Å². The molecule has 138 valence electrons. The highest BCUT2D eigenvalue weighted by molar-refractivity contribution is 6.33. The molecule has 0 spiro atoms. The number of piperazine rings is 1. The van der Waals surface area contributed by atoms with Crippen LogP contribution in [0.15, 0.2) is 12.3 Å². The number of carboxylic acid groups (broad SMARTS) is 1. The Balaban J connectivity index is 1.57. The number of pyridine rings is 1. The van der Waals surface area contributed by atoms with Crippen LogP contribution in [-0.2, 0) is 0 Å². The first-order chi connectivity index (χ1) is 12.0. The average Bonchev–Trinajstić information content (AvgIpc) is 2.62. The number of carboxylic acids is 1. The lowest BCUT2D eigenvalue weighted by atomic mass is 9.89. The molecule has 7 heteroatoms. The van der Waals surface area contributed by atoms with Crippen molar-refractivity contribution in [3.8, 4) is 0 Å². The summed E-state index contributed by atoms with van der Waals surface area (Å²) in [5.41, 5.74) is 0.132. The van der Waals surface area contributed by atoms with Crippen molar-refractivity contribution in [1.29, 1.82) is 0 Å². The molecule has 2 saturated heterocycles. The van der Waals surface area contributed by atoms with Gasteiger partial charge in [0.2, 0.25) is 0 Å². The maximum atomic E-state index is 11.0. The van der Waals surface area contributed by atoms with Crippen LogP contribution < -0.4 is 4.90 Å². The fraction of sp³-hybridized carbons (Fsp3) is 0.667. The third-order valence-electron chi connectivity index (χ3n) is 5.70. The van der Waals surface area contributed by atoms with Gasteiger partial charge in [-0.05, 0) is 38.8 Å². The van der Waals surface area contributed by atoms with E-state index in [1.807, 2.05) is 0 Å². The van der Waals surface area contributed by atoms with Gasteiger partial charge >= 0.3 is 5.97 Å². The van der Waals surface area contributed by atoms with Crippen molar-refractivity contribution in [2.24, 2.45) is 5.92 Å². The molecule has 0 aliphatic carbocycles.